The topological polar surface area (TPSA) is 79.7 Å². The number of anilines is 1. The van der Waals surface area contributed by atoms with E-state index in [4.69, 9.17) is 11.6 Å². The standard InChI is InChI=1S/C26H22ClFN4O/c1-25(2)13-26(24(25)32-26)16-5-8-20(27)19(11-16)23(33)30-18-9-15-10-21(31-22(15)29-12-18)14-3-6-17(28)7-4-14/h3-12,24,32H,13H2,1-2H3,(H,29,31)(H,30,33). The van der Waals surface area contributed by atoms with Crippen LogP contribution >= 0.6 is 11.6 Å². The largest absolute Gasteiger partial charge is 0.339 e. The number of aromatic nitrogens is 2. The zero-order valence-corrected chi connectivity index (χ0v) is 18.9. The lowest BCUT2D eigenvalue weighted by Crippen LogP contribution is -2.40. The fourth-order valence-electron chi connectivity index (χ4n) is 5.32. The van der Waals surface area contributed by atoms with E-state index in [-0.39, 0.29) is 22.7 Å². The second-order valence-corrected chi connectivity index (χ2v) is 10.1. The van der Waals surface area contributed by atoms with Crippen molar-refractivity contribution in [2.24, 2.45) is 5.41 Å². The third kappa shape index (κ3) is 3.24. The van der Waals surface area contributed by atoms with Gasteiger partial charge in [-0.15, -0.1) is 0 Å². The van der Waals surface area contributed by atoms with Gasteiger partial charge in [-0.3, -0.25) is 4.79 Å². The zero-order chi connectivity index (χ0) is 23.0. The number of hydrogen-bond acceptors (Lipinski definition) is 3. The molecule has 166 valence electrons. The van der Waals surface area contributed by atoms with Crippen LogP contribution in [0.2, 0.25) is 5.02 Å². The molecular formula is C26H22ClFN4O. The van der Waals surface area contributed by atoms with Gasteiger partial charge in [0.1, 0.15) is 11.5 Å². The first-order valence-electron chi connectivity index (χ1n) is 10.9. The first-order valence-corrected chi connectivity index (χ1v) is 11.3. The molecule has 1 saturated carbocycles. The molecule has 0 radical (unpaired) electrons. The molecule has 3 N–H and O–H groups in total. The molecule has 6 rings (SSSR count). The van der Waals surface area contributed by atoms with E-state index < -0.39 is 0 Å². The van der Waals surface area contributed by atoms with E-state index in [0.29, 0.717) is 28.0 Å². The van der Waals surface area contributed by atoms with E-state index in [1.807, 2.05) is 24.3 Å². The molecule has 1 saturated heterocycles. The van der Waals surface area contributed by atoms with E-state index in [2.05, 4.69) is 34.4 Å². The van der Waals surface area contributed by atoms with Gasteiger partial charge in [0.25, 0.3) is 5.91 Å². The van der Waals surface area contributed by atoms with Gasteiger partial charge in [-0.2, -0.15) is 0 Å². The summed E-state index contributed by atoms with van der Waals surface area (Å²) in [5, 5.41) is 7.77. The Hall–Kier alpha value is -3.22. The molecule has 2 atom stereocenters. The molecular weight excluding hydrogens is 439 g/mol. The number of aromatic amines is 1. The Kier molecular flexibility index (Phi) is 4.26. The van der Waals surface area contributed by atoms with E-state index in [9.17, 15) is 9.18 Å². The van der Waals surface area contributed by atoms with Crippen LogP contribution in [0.1, 0.15) is 36.2 Å². The highest BCUT2D eigenvalue weighted by atomic mass is 35.5. The van der Waals surface area contributed by atoms with E-state index in [0.717, 1.165) is 28.6 Å². The number of pyridine rings is 1. The van der Waals surface area contributed by atoms with E-state index in [1.54, 1.807) is 24.4 Å². The Balaban J connectivity index is 1.25. The Morgan fingerprint density at radius 3 is 2.64 bits per heavy atom. The molecule has 7 heteroatoms. The van der Waals surface area contributed by atoms with Crippen LogP contribution < -0.4 is 10.6 Å². The van der Waals surface area contributed by atoms with Gasteiger partial charge in [0.2, 0.25) is 0 Å². The van der Waals surface area contributed by atoms with Crippen LogP contribution in [0.15, 0.2) is 60.8 Å². The lowest BCUT2D eigenvalue weighted by molar-refractivity contribution is 0.102. The highest BCUT2D eigenvalue weighted by Gasteiger charge is 2.71. The van der Waals surface area contributed by atoms with Crippen LogP contribution in [0.4, 0.5) is 10.1 Å². The van der Waals surface area contributed by atoms with Gasteiger partial charge in [0.05, 0.1) is 28.0 Å². The van der Waals surface area contributed by atoms with Crippen molar-refractivity contribution >= 4 is 34.2 Å². The average molecular weight is 461 g/mol. The summed E-state index contributed by atoms with van der Waals surface area (Å²) in [5.41, 5.74) is 4.73. The van der Waals surface area contributed by atoms with Crippen LogP contribution in [-0.2, 0) is 5.54 Å². The van der Waals surface area contributed by atoms with Crippen LogP contribution in [-0.4, -0.2) is 21.9 Å². The smallest absolute Gasteiger partial charge is 0.257 e. The lowest BCUT2D eigenvalue weighted by Gasteiger charge is -2.39. The van der Waals surface area contributed by atoms with Crippen LogP contribution in [0.25, 0.3) is 22.3 Å². The molecule has 2 aromatic carbocycles. The molecule has 0 spiro atoms. The molecule has 4 aromatic rings. The number of carbonyl (C=O) groups excluding carboxylic acids is 1. The van der Waals surface area contributed by atoms with Crippen molar-refractivity contribution in [2.75, 3.05) is 5.32 Å². The maximum atomic E-state index is 13.2. The molecule has 1 amide bonds. The molecule has 2 unspecified atom stereocenters. The summed E-state index contributed by atoms with van der Waals surface area (Å²) < 4.78 is 13.2. The molecule has 3 heterocycles. The summed E-state index contributed by atoms with van der Waals surface area (Å²) in [6.07, 6.45) is 2.65. The molecule has 5 nitrogen and oxygen atoms in total. The fraction of sp³-hybridized carbons (Fsp3) is 0.231. The number of rotatable bonds is 4. The fourth-order valence-corrected chi connectivity index (χ4v) is 5.52. The number of nitrogens with one attached hydrogen (secondary N) is 3. The average Bonchev–Trinajstić information content (AvgIpc) is 3.26. The predicted octanol–water partition coefficient (Wildman–Crippen LogP) is 5.87. The molecule has 0 bridgehead atoms. The maximum Gasteiger partial charge on any atom is 0.257 e. The lowest BCUT2D eigenvalue weighted by atomic mass is 9.62. The highest BCUT2D eigenvalue weighted by molar-refractivity contribution is 6.34. The van der Waals surface area contributed by atoms with Crippen molar-refractivity contribution in [1.29, 1.82) is 0 Å². The van der Waals surface area contributed by atoms with Crippen molar-refractivity contribution in [3.8, 4) is 11.3 Å². The number of halogens is 2. The Bertz CT molecular complexity index is 1430. The van der Waals surface area contributed by atoms with Gasteiger partial charge in [0, 0.05) is 17.1 Å². The summed E-state index contributed by atoms with van der Waals surface area (Å²) in [6, 6.07) is 16.2. The summed E-state index contributed by atoms with van der Waals surface area (Å²) in [6.45, 7) is 4.51. The minimum absolute atomic E-state index is 0.0224. The minimum atomic E-state index is -0.283. The van der Waals surface area contributed by atoms with Gasteiger partial charge >= 0.3 is 0 Å². The molecule has 2 aliphatic rings. The SMILES string of the molecule is CC1(C)CC2(c3ccc(Cl)c(C(=O)Nc4cnc5[nH]c(-c6ccc(F)cc6)cc5c4)c3)NC12. The molecule has 1 aliphatic carbocycles. The van der Waals surface area contributed by atoms with Gasteiger partial charge in [-0.05, 0) is 71.5 Å². The Morgan fingerprint density at radius 2 is 1.94 bits per heavy atom. The second kappa shape index (κ2) is 6.89. The van der Waals surface area contributed by atoms with Crippen LogP contribution in [0.3, 0.4) is 0 Å². The van der Waals surface area contributed by atoms with Crippen LogP contribution in [0.5, 0.6) is 0 Å². The van der Waals surface area contributed by atoms with Gasteiger partial charge < -0.3 is 15.6 Å². The number of benzene rings is 2. The number of H-pyrrole nitrogens is 1. The molecule has 2 aromatic heterocycles. The monoisotopic (exact) mass is 460 g/mol. The van der Waals surface area contributed by atoms with E-state index in [1.165, 1.54) is 12.1 Å². The minimum Gasteiger partial charge on any atom is -0.339 e. The first-order chi connectivity index (χ1) is 15.7. The van der Waals surface area contributed by atoms with Crippen molar-refractivity contribution < 1.29 is 9.18 Å². The molecule has 2 fully saturated rings. The van der Waals surface area contributed by atoms with Gasteiger partial charge in [-0.25, -0.2) is 9.37 Å². The summed E-state index contributed by atoms with van der Waals surface area (Å²) >= 11 is 6.39. The predicted molar refractivity (Wildman–Crippen MR) is 128 cm³/mol. The third-order valence-corrected chi connectivity index (χ3v) is 7.27. The second-order valence-electron chi connectivity index (χ2n) is 9.71. The Labute approximate surface area is 195 Å². The number of nitrogens with zero attached hydrogens (tertiary/aromatic N) is 1. The normalized spacial score (nSPS) is 22.5. The summed E-state index contributed by atoms with van der Waals surface area (Å²) in [5.74, 6) is -0.557. The summed E-state index contributed by atoms with van der Waals surface area (Å²) in [7, 11) is 0. The maximum absolute atomic E-state index is 13.2. The number of amides is 1. The van der Waals surface area contributed by atoms with Gasteiger partial charge in [-0.1, -0.05) is 31.5 Å². The van der Waals surface area contributed by atoms with E-state index >= 15 is 0 Å². The van der Waals surface area contributed by atoms with Crippen molar-refractivity contribution in [3.63, 3.8) is 0 Å². The number of carbonyl (C=O) groups is 1. The first kappa shape index (κ1) is 20.4. The van der Waals surface area contributed by atoms with Crippen molar-refractivity contribution in [2.45, 2.75) is 31.8 Å². The number of fused-ring (bicyclic) bond motifs is 2. The Morgan fingerprint density at radius 1 is 1.15 bits per heavy atom. The van der Waals surface area contributed by atoms with Crippen LogP contribution in [0, 0.1) is 11.2 Å². The van der Waals surface area contributed by atoms with Gasteiger partial charge in [0.15, 0.2) is 0 Å². The van der Waals surface area contributed by atoms with Crippen molar-refractivity contribution in [1.82, 2.24) is 15.3 Å². The third-order valence-electron chi connectivity index (χ3n) is 6.94. The molecule has 33 heavy (non-hydrogen) atoms. The zero-order valence-electron chi connectivity index (χ0n) is 18.2. The van der Waals surface area contributed by atoms with Crippen molar-refractivity contribution in [3.05, 3.63) is 82.8 Å². The number of hydrogen-bond donors (Lipinski definition) is 3. The molecule has 1 aliphatic heterocycles. The summed E-state index contributed by atoms with van der Waals surface area (Å²) in [4.78, 5) is 20.7. The highest BCUT2D eigenvalue weighted by Crippen LogP contribution is 2.64. The quantitative estimate of drug-likeness (QED) is 0.333.